The summed E-state index contributed by atoms with van der Waals surface area (Å²) in [4.78, 5) is 11.8. The monoisotopic (exact) mass is 264 g/mol. The summed E-state index contributed by atoms with van der Waals surface area (Å²) in [5.41, 5.74) is 5.79. The van der Waals surface area contributed by atoms with Gasteiger partial charge in [0, 0.05) is 18.7 Å². The predicted molar refractivity (Wildman–Crippen MR) is 71.2 cm³/mol. The fourth-order valence-electron chi connectivity index (χ4n) is 1.41. The summed E-state index contributed by atoms with van der Waals surface area (Å²) in [5.74, 6) is 4.36. The summed E-state index contributed by atoms with van der Waals surface area (Å²) in [6.45, 7) is 3.39. The summed E-state index contributed by atoms with van der Waals surface area (Å²) >= 11 is 0. The Bertz CT molecular complexity index is 492. The van der Waals surface area contributed by atoms with Gasteiger partial charge in [0.05, 0.1) is 18.7 Å². The van der Waals surface area contributed by atoms with E-state index < -0.39 is 11.7 Å². The molecule has 3 N–H and O–H groups in total. The number of rotatable bonds is 5. The molecule has 0 aliphatic rings. The third kappa shape index (κ3) is 5.08. The first-order valence-corrected chi connectivity index (χ1v) is 6.03. The Balaban J connectivity index is 2.72. The molecule has 0 spiro atoms. The van der Waals surface area contributed by atoms with Crippen LogP contribution >= 0.6 is 0 Å². The smallest absolute Gasteiger partial charge is 0.254 e. The number of carbonyl (C=O) groups excluding carboxylic acids is 1. The first-order valence-electron chi connectivity index (χ1n) is 6.03. The van der Waals surface area contributed by atoms with Gasteiger partial charge >= 0.3 is 0 Å². The summed E-state index contributed by atoms with van der Waals surface area (Å²) in [6, 6.07) is 4.14. The molecule has 0 aromatic heterocycles. The van der Waals surface area contributed by atoms with Crippen LogP contribution in [-0.4, -0.2) is 32.2 Å². The van der Waals surface area contributed by atoms with Crippen molar-refractivity contribution in [2.45, 2.75) is 6.92 Å². The average molecular weight is 264 g/mol. The lowest BCUT2D eigenvalue weighted by atomic mass is 10.1. The second kappa shape index (κ2) is 8.25. The molecule has 0 saturated carbocycles. The second-order valence-electron chi connectivity index (χ2n) is 3.65. The largest absolute Gasteiger partial charge is 0.380 e. The fourth-order valence-corrected chi connectivity index (χ4v) is 1.41. The standard InChI is InChI=1S/C14H17FN2O2/c1-2-19-9-8-17-14(18)12-10-11(4-3-7-16)5-6-13(12)15/h5-6,10H,2,7-9,16H2,1H3,(H,17,18). The van der Waals surface area contributed by atoms with E-state index in [1.165, 1.54) is 18.2 Å². The van der Waals surface area contributed by atoms with E-state index in [-0.39, 0.29) is 12.1 Å². The quantitative estimate of drug-likeness (QED) is 0.613. The van der Waals surface area contributed by atoms with Crippen LogP contribution in [0.4, 0.5) is 4.39 Å². The maximum Gasteiger partial charge on any atom is 0.254 e. The minimum atomic E-state index is -0.577. The molecule has 0 aliphatic carbocycles. The SMILES string of the molecule is CCOCCNC(=O)c1cc(C#CCN)ccc1F. The van der Waals surface area contributed by atoms with Crippen molar-refractivity contribution in [3.8, 4) is 11.8 Å². The average Bonchev–Trinajstić information content (AvgIpc) is 2.42. The first-order chi connectivity index (χ1) is 9.19. The normalized spacial score (nSPS) is 9.63. The van der Waals surface area contributed by atoms with Crippen LogP contribution in [0.3, 0.4) is 0 Å². The summed E-state index contributed by atoms with van der Waals surface area (Å²) in [5, 5.41) is 2.58. The predicted octanol–water partition coefficient (Wildman–Crippen LogP) is 0.902. The molecule has 102 valence electrons. The van der Waals surface area contributed by atoms with E-state index in [4.69, 9.17) is 10.5 Å². The molecule has 0 bridgehead atoms. The molecule has 0 heterocycles. The third-order valence-electron chi connectivity index (χ3n) is 2.28. The van der Waals surface area contributed by atoms with E-state index in [0.29, 0.717) is 25.3 Å². The molecule has 1 aromatic carbocycles. The van der Waals surface area contributed by atoms with E-state index in [1.807, 2.05) is 6.92 Å². The van der Waals surface area contributed by atoms with Crippen LogP contribution in [0.15, 0.2) is 18.2 Å². The van der Waals surface area contributed by atoms with E-state index in [2.05, 4.69) is 17.2 Å². The molecule has 0 saturated heterocycles. The van der Waals surface area contributed by atoms with Crippen molar-refractivity contribution >= 4 is 5.91 Å². The lowest BCUT2D eigenvalue weighted by Crippen LogP contribution is -2.28. The summed E-state index contributed by atoms with van der Waals surface area (Å²) in [6.07, 6.45) is 0. The number of amides is 1. The Morgan fingerprint density at radius 2 is 2.32 bits per heavy atom. The van der Waals surface area contributed by atoms with Gasteiger partial charge in [-0.3, -0.25) is 4.79 Å². The van der Waals surface area contributed by atoms with Crippen LogP contribution in [0.5, 0.6) is 0 Å². The molecule has 19 heavy (non-hydrogen) atoms. The van der Waals surface area contributed by atoms with Gasteiger partial charge in [-0.1, -0.05) is 11.8 Å². The van der Waals surface area contributed by atoms with Crippen molar-refractivity contribution in [2.24, 2.45) is 5.73 Å². The maximum absolute atomic E-state index is 13.6. The van der Waals surface area contributed by atoms with Crippen molar-refractivity contribution in [2.75, 3.05) is 26.3 Å². The highest BCUT2D eigenvalue weighted by Gasteiger charge is 2.11. The summed E-state index contributed by atoms with van der Waals surface area (Å²) < 4.78 is 18.6. The number of halogens is 1. The third-order valence-corrected chi connectivity index (χ3v) is 2.28. The van der Waals surface area contributed by atoms with Crippen molar-refractivity contribution in [1.29, 1.82) is 0 Å². The number of carbonyl (C=O) groups is 1. The molecule has 1 rings (SSSR count). The van der Waals surface area contributed by atoms with Gasteiger partial charge in [0.1, 0.15) is 5.82 Å². The van der Waals surface area contributed by atoms with Gasteiger partial charge in [0.25, 0.3) is 5.91 Å². The Morgan fingerprint density at radius 1 is 1.53 bits per heavy atom. The number of hydrogen-bond acceptors (Lipinski definition) is 3. The van der Waals surface area contributed by atoms with Crippen LogP contribution in [0, 0.1) is 17.7 Å². The summed E-state index contributed by atoms with van der Waals surface area (Å²) in [7, 11) is 0. The van der Waals surface area contributed by atoms with Gasteiger partial charge in [-0.25, -0.2) is 4.39 Å². The van der Waals surface area contributed by atoms with Crippen molar-refractivity contribution in [1.82, 2.24) is 5.32 Å². The molecule has 5 heteroatoms. The highest BCUT2D eigenvalue weighted by Crippen LogP contribution is 2.09. The number of nitrogens with two attached hydrogens (primary N) is 1. The first kappa shape index (κ1) is 15.2. The van der Waals surface area contributed by atoms with Gasteiger partial charge in [-0.15, -0.1) is 0 Å². The van der Waals surface area contributed by atoms with Crippen LogP contribution in [-0.2, 0) is 4.74 Å². The van der Waals surface area contributed by atoms with Gasteiger partial charge in [-0.05, 0) is 25.1 Å². The van der Waals surface area contributed by atoms with Gasteiger partial charge in [0.15, 0.2) is 0 Å². The molecular weight excluding hydrogens is 247 g/mol. The van der Waals surface area contributed by atoms with Crippen molar-refractivity contribution < 1.29 is 13.9 Å². The maximum atomic E-state index is 13.6. The van der Waals surface area contributed by atoms with E-state index in [9.17, 15) is 9.18 Å². The lowest BCUT2D eigenvalue weighted by molar-refractivity contribution is 0.0918. The zero-order chi connectivity index (χ0) is 14.1. The lowest BCUT2D eigenvalue weighted by Gasteiger charge is -2.06. The zero-order valence-corrected chi connectivity index (χ0v) is 10.8. The van der Waals surface area contributed by atoms with E-state index in [0.717, 1.165) is 0 Å². The molecule has 4 nitrogen and oxygen atoms in total. The number of hydrogen-bond donors (Lipinski definition) is 2. The van der Waals surface area contributed by atoms with Crippen LogP contribution in [0.1, 0.15) is 22.8 Å². The van der Waals surface area contributed by atoms with E-state index in [1.54, 1.807) is 0 Å². The number of benzene rings is 1. The minimum absolute atomic E-state index is 0.0275. The van der Waals surface area contributed by atoms with E-state index >= 15 is 0 Å². The second-order valence-corrected chi connectivity index (χ2v) is 3.65. The highest BCUT2D eigenvalue weighted by molar-refractivity contribution is 5.94. The highest BCUT2D eigenvalue weighted by atomic mass is 19.1. The molecule has 1 aromatic rings. The number of ether oxygens (including phenoxy) is 1. The van der Waals surface area contributed by atoms with Gasteiger partial charge < -0.3 is 15.8 Å². The molecule has 0 unspecified atom stereocenters. The molecule has 0 aliphatic heterocycles. The Kier molecular flexibility index (Phi) is 6.58. The van der Waals surface area contributed by atoms with Crippen molar-refractivity contribution in [3.63, 3.8) is 0 Å². The molecule has 0 radical (unpaired) electrons. The Hall–Kier alpha value is -1.90. The van der Waals surface area contributed by atoms with Crippen LogP contribution < -0.4 is 11.1 Å². The fraction of sp³-hybridized carbons (Fsp3) is 0.357. The molecule has 0 atom stereocenters. The van der Waals surface area contributed by atoms with Crippen LogP contribution in [0.25, 0.3) is 0 Å². The van der Waals surface area contributed by atoms with Crippen LogP contribution in [0.2, 0.25) is 0 Å². The minimum Gasteiger partial charge on any atom is -0.380 e. The Labute approximate surface area is 112 Å². The van der Waals surface area contributed by atoms with Gasteiger partial charge in [-0.2, -0.15) is 0 Å². The number of nitrogens with one attached hydrogen (secondary N) is 1. The van der Waals surface area contributed by atoms with Crippen molar-refractivity contribution in [3.05, 3.63) is 35.1 Å². The zero-order valence-electron chi connectivity index (χ0n) is 10.8. The Morgan fingerprint density at radius 3 is 3.00 bits per heavy atom. The topological polar surface area (TPSA) is 64.3 Å². The molecule has 1 amide bonds. The molecular formula is C14H17FN2O2. The van der Waals surface area contributed by atoms with Gasteiger partial charge in [0.2, 0.25) is 0 Å². The molecule has 0 fully saturated rings.